The number of nitrogens with zero attached hydrogens (tertiary/aromatic N) is 5. The van der Waals surface area contributed by atoms with E-state index in [2.05, 4.69) is 4.98 Å². The maximum absolute atomic E-state index is 15.3. The zero-order valence-electron chi connectivity index (χ0n) is 21.8. The van der Waals surface area contributed by atoms with Crippen LogP contribution in [0.5, 0.6) is 0 Å². The van der Waals surface area contributed by atoms with Gasteiger partial charge in [0.25, 0.3) is 11.8 Å². The summed E-state index contributed by atoms with van der Waals surface area (Å²) in [6, 6.07) is 5.44. The van der Waals surface area contributed by atoms with E-state index in [1.165, 1.54) is 17.0 Å². The maximum atomic E-state index is 15.3. The SMILES string of the molecule is CN(C(=O)OC(C)(C)C)C(=O)c1ccc(N2C(=S)N(c3cnc(C#N)c(C(F)(F)F)c3)C(=O)C23CCC3)cc1F. The monoisotopic (exact) mass is 577 g/mol. The summed E-state index contributed by atoms with van der Waals surface area (Å²) in [5.41, 5.74) is -4.99. The topological polar surface area (TPSA) is 107 Å². The molecule has 2 fully saturated rings. The summed E-state index contributed by atoms with van der Waals surface area (Å²) < 4.78 is 61.1. The molecule has 2 aliphatic rings. The Bertz CT molecular complexity index is 1480. The Hall–Kier alpha value is -4.12. The number of halogens is 4. The number of ether oxygens (including phenoxy) is 1. The Morgan fingerprint density at radius 3 is 2.33 bits per heavy atom. The average molecular weight is 578 g/mol. The number of amides is 3. The van der Waals surface area contributed by atoms with Gasteiger partial charge in [-0.1, -0.05) is 0 Å². The van der Waals surface area contributed by atoms with Crippen molar-refractivity contribution >= 4 is 46.6 Å². The molecule has 3 amide bonds. The summed E-state index contributed by atoms with van der Waals surface area (Å²) in [5.74, 6) is -2.60. The van der Waals surface area contributed by atoms with Crippen molar-refractivity contribution in [3.8, 4) is 6.07 Å². The van der Waals surface area contributed by atoms with Crippen LogP contribution in [0.25, 0.3) is 0 Å². The third kappa shape index (κ3) is 4.85. The first-order valence-electron chi connectivity index (χ1n) is 12.0. The number of carbonyl (C=O) groups is 3. The molecular formula is C26H23F4N5O4S. The number of carbonyl (C=O) groups excluding carboxylic acids is 3. The van der Waals surface area contributed by atoms with E-state index in [0.717, 1.165) is 30.3 Å². The number of hydrogen-bond donors (Lipinski definition) is 0. The fourth-order valence-electron chi connectivity index (χ4n) is 4.50. The first-order valence-corrected chi connectivity index (χ1v) is 12.4. The molecule has 2 heterocycles. The quantitative estimate of drug-likeness (QED) is 0.363. The van der Waals surface area contributed by atoms with Crippen molar-refractivity contribution in [1.29, 1.82) is 5.26 Å². The summed E-state index contributed by atoms with van der Waals surface area (Å²) >= 11 is 5.50. The number of benzene rings is 1. The maximum Gasteiger partial charge on any atom is 0.419 e. The third-order valence-corrected chi connectivity index (χ3v) is 6.91. The Balaban J connectivity index is 1.70. The number of thiocarbonyl (C=S) groups is 1. The summed E-state index contributed by atoms with van der Waals surface area (Å²) in [5, 5.41) is 8.84. The van der Waals surface area contributed by atoms with Gasteiger partial charge in [0, 0.05) is 12.7 Å². The molecule has 0 atom stereocenters. The fourth-order valence-corrected chi connectivity index (χ4v) is 4.97. The van der Waals surface area contributed by atoms with Crippen LogP contribution in [-0.4, -0.2) is 51.1 Å². The minimum atomic E-state index is -4.91. The van der Waals surface area contributed by atoms with E-state index in [-0.39, 0.29) is 16.5 Å². The largest absolute Gasteiger partial charge is 0.443 e. The summed E-state index contributed by atoms with van der Waals surface area (Å²) in [7, 11) is 1.14. The molecule has 1 aromatic heterocycles. The van der Waals surface area contributed by atoms with Gasteiger partial charge in [-0.05, 0) is 76.5 Å². The molecule has 1 spiro atoms. The van der Waals surface area contributed by atoms with Crippen molar-refractivity contribution in [1.82, 2.24) is 9.88 Å². The van der Waals surface area contributed by atoms with Crippen LogP contribution in [-0.2, 0) is 15.7 Å². The van der Waals surface area contributed by atoms with Crippen LogP contribution in [0.4, 0.5) is 33.7 Å². The van der Waals surface area contributed by atoms with Gasteiger partial charge in [0.05, 0.1) is 23.0 Å². The number of nitriles is 1. The molecule has 1 saturated carbocycles. The van der Waals surface area contributed by atoms with Crippen LogP contribution >= 0.6 is 12.2 Å². The van der Waals surface area contributed by atoms with Crippen molar-refractivity contribution < 1.29 is 36.7 Å². The van der Waals surface area contributed by atoms with Crippen LogP contribution in [0.3, 0.4) is 0 Å². The number of imide groups is 1. The highest BCUT2D eigenvalue weighted by Gasteiger charge is 2.60. The zero-order valence-corrected chi connectivity index (χ0v) is 22.6. The molecule has 0 bridgehead atoms. The number of hydrogen-bond acceptors (Lipinski definition) is 7. The van der Waals surface area contributed by atoms with E-state index in [9.17, 15) is 27.6 Å². The van der Waals surface area contributed by atoms with E-state index in [4.69, 9.17) is 22.2 Å². The minimum Gasteiger partial charge on any atom is -0.443 e. The van der Waals surface area contributed by atoms with Crippen LogP contribution in [0.15, 0.2) is 30.5 Å². The minimum absolute atomic E-state index is 0.0900. The number of pyridine rings is 1. The summed E-state index contributed by atoms with van der Waals surface area (Å²) in [6.45, 7) is 4.82. The summed E-state index contributed by atoms with van der Waals surface area (Å²) in [4.78, 5) is 45.1. The Morgan fingerprint density at radius 1 is 1.18 bits per heavy atom. The lowest BCUT2D eigenvalue weighted by atomic mass is 9.75. The Morgan fingerprint density at radius 2 is 1.82 bits per heavy atom. The normalized spacial score (nSPS) is 16.6. The lowest BCUT2D eigenvalue weighted by Gasteiger charge is -2.43. The predicted molar refractivity (Wildman–Crippen MR) is 138 cm³/mol. The van der Waals surface area contributed by atoms with Gasteiger partial charge in [0.15, 0.2) is 10.8 Å². The Labute approximate surface area is 231 Å². The molecule has 0 radical (unpaired) electrons. The fraction of sp³-hybridized carbons (Fsp3) is 0.385. The first-order chi connectivity index (χ1) is 18.5. The van der Waals surface area contributed by atoms with E-state index in [0.29, 0.717) is 30.2 Å². The highest BCUT2D eigenvalue weighted by Crippen LogP contribution is 2.48. The van der Waals surface area contributed by atoms with E-state index >= 15 is 4.39 Å². The molecule has 2 aromatic rings. The van der Waals surface area contributed by atoms with Crippen molar-refractivity contribution in [3.05, 3.63) is 53.1 Å². The van der Waals surface area contributed by atoms with E-state index < -0.39 is 57.9 Å². The predicted octanol–water partition coefficient (Wildman–Crippen LogP) is 5.18. The average Bonchev–Trinajstić information content (AvgIpc) is 3.07. The second kappa shape index (κ2) is 9.81. The van der Waals surface area contributed by atoms with E-state index in [1.54, 1.807) is 20.8 Å². The molecule has 1 aromatic carbocycles. The van der Waals surface area contributed by atoms with Crippen LogP contribution < -0.4 is 9.80 Å². The van der Waals surface area contributed by atoms with Gasteiger partial charge in [0.1, 0.15) is 23.0 Å². The molecular weight excluding hydrogens is 554 g/mol. The van der Waals surface area contributed by atoms with Crippen molar-refractivity contribution in [2.75, 3.05) is 16.8 Å². The molecule has 14 heteroatoms. The molecule has 210 valence electrons. The van der Waals surface area contributed by atoms with Crippen LogP contribution in [0.2, 0.25) is 0 Å². The van der Waals surface area contributed by atoms with Crippen molar-refractivity contribution in [2.45, 2.75) is 57.3 Å². The van der Waals surface area contributed by atoms with Crippen LogP contribution in [0.1, 0.15) is 61.6 Å². The molecule has 9 nitrogen and oxygen atoms in total. The molecule has 4 rings (SSSR count). The molecule has 0 unspecified atom stereocenters. The highest BCUT2D eigenvalue weighted by atomic mass is 32.1. The molecule has 1 saturated heterocycles. The van der Waals surface area contributed by atoms with Crippen molar-refractivity contribution in [2.24, 2.45) is 0 Å². The zero-order chi connectivity index (χ0) is 29.8. The molecule has 1 aliphatic heterocycles. The van der Waals surface area contributed by atoms with E-state index in [1.807, 2.05) is 0 Å². The number of aromatic nitrogens is 1. The third-order valence-electron chi connectivity index (χ3n) is 6.55. The number of rotatable bonds is 3. The smallest absolute Gasteiger partial charge is 0.419 e. The second-order valence-corrected chi connectivity index (χ2v) is 10.7. The van der Waals surface area contributed by atoms with Gasteiger partial charge in [-0.25, -0.2) is 19.1 Å². The lowest BCUT2D eigenvalue weighted by molar-refractivity contribution is -0.138. The second-order valence-electron chi connectivity index (χ2n) is 10.4. The van der Waals surface area contributed by atoms with Gasteiger partial charge >= 0.3 is 12.3 Å². The Kier molecular flexibility index (Phi) is 7.08. The van der Waals surface area contributed by atoms with Gasteiger partial charge in [0.2, 0.25) is 0 Å². The highest BCUT2D eigenvalue weighted by molar-refractivity contribution is 7.81. The molecule has 1 aliphatic carbocycles. The van der Waals surface area contributed by atoms with Crippen LogP contribution in [0, 0.1) is 17.1 Å². The lowest BCUT2D eigenvalue weighted by Crippen LogP contribution is -2.55. The van der Waals surface area contributed by atoms with Gasteiger partial charge < -0.3 is 9.64 Å². The summed E-state index contributed by atoms with van der Waals surface area (Å²) in [6.07, 6.45) is -3.75. The van der Waals surface area contributed by atoms with Crippen molar-refractivity contribution in [3.63, 3.8) is 0 Å². The number of anilines is 2. The molecule has 40 heavy (non-hydrogen) atoms. The molecule has 0 N–H and O–H groups in total. The van der Waals surface area contributed by atoms with Gasteiger partial charge in [-0.3, -0.25) is 14.5 Å². The van der Waals surface area contributed by atoms with Gasteiger partial charge in [-0.15, -0.1) is 0 Å². The standard InChI is InChI=1S/C26H23F4N5O4S/c1-24(2,3)39-23(38)33(4)20(36)16-7-6-14(11-18(16)27)35-22(40)34(21(37)25(35)8-5-9-25)15-10-17(26(28,29)30)19(12-31)32-13-15/h6-7,10-11,13H,5,8-9H2,1-4H3. The first kappa shape index (κ1) is 28.9. The van der Waals surface area contributed by atoms with Gasteiger partial charge in [-0.2, -0.15) is 18.4 Å². The number of alkyl halides is 3.